The summed E-state index contributed by atoms with van der Waals surface area (Å²) in [6, 6.07) is 13.0. The largest absolute Gasteiger partial charge is 0.309 e. The summed E-state index contributed by atoms with van der Waals surface area (Å²) >= 11 is 0. The van der Waals surface area contributed by atoms with Gasteiger partial charge in [-0.15, -0.1) is 0 Å². The van der Waals surface area contributed by atoms with Crippen molar-refractivity contribution in [1.29, 1.82) is 0 Å². The second-order valence-electron chi connectivity index (χ2n) is 6.45. The summed E-state index contributed by atoms with van der Waals surface area (Å²) in [5.74, 6) is 0.979. The summed E-state index contributed by atoms with van der Waals surface area (Å²) in [6.07, 6.45) is 5.57. The zero-order valence-electron chi connectivity index (χ0n) is 12.9. The fourth-order valence-electron chi connectivity index (χ4n) is 4.39. The Kier molecular flexibility index (Phi) is 4.42. The Hall–Kier alpha value is -0.860. The predicted molar refractivity (Wildman–Crippen MR) is 84.8 cm³/mol. The van der Waals surface area contributed by atoms with Crippen LogP contribution in [0.5, 0.6) is 0 Å². The van der Waals surface area contributed by atoms with Gasteiger partial charge in [0.05, 0.1) is 0 Å². The van der Waals surface area contributed by atoms with Crippen molar-refractivity contribution in [2.75, 3.05) is 13.1 Å². The molecule has 0 spiro atoms. The van der Waals surface area contributed by atoms with Crippen LogP contribution in [0.2, 0.25) is 0 Å². The van der Waals surface area contributed by atoms with Gasteiger partial charge in [0.25, 0.3) is 0 Å². The Morgan fingerprint density at radius 3 is 2.55 bits per heavy atom. The van der Waals surface area contributed by atoms with Crippen LogP contribution in [0, 0.1) is 5.92 Å². The molecule has 3 rings (SSSR count). The molecule has 1 saturated heterocycles. The number of fused-ring (bicyclic) bond motifs is 2. The number of hydrogen-bond donors (Lipinski definition) is 1. The number of benzene rings is 1. The van der Waals surface area contributed by atoms with E-state index >= 15 is 0 Å². The van der Waals surface area contributed by atoms with Gasteiger partial charge in [-0.2, -0.15) is 0 Å². The third-order valence-corrected chi connectivity index (χ3v) is 5.26. The molecule has 1 heterocycles. The number of rotatable bonds is 6. The first-order chi connectivity index (χ1) is 9.83. The van der Waals surface area contributed by atoms with Gasteiger partial charge in [0.1, 0.15) is 0 Å². The molecule has 1 aromatic rings. The first-order valence-corrected chi connectivity index (χ1v) is 8.37. The highest BCUT2D eigenvalue weighted by Gasteiger charge is 2.42. The van der Waals surface area contributed by atoms with Crippen LogP contribution in [-0.2, 0) is 0 Å². The monoisotopic (exact) mass is 272 g/mol. The SMILES string of the molecule is CCNC(c1ccccc1)C(CC)N1CC2CCC1C2. The maximum atomic E-state index is 3.74. The maximum absolute atomic E-state index is 3.74. The van der Waals surface area contributed by atoms with Gasteiger partial charge < -0.3 is 5.32 Å². The average molecular weight is 272 g/mol. The molecule has 110 valence electrons. The predicted octanol–water partition coefficient (Wildman–Crippen LogP) is 3.60. The zero-order valence-corrected chi connectivity index (χ0v) is 12.9. The first-order valence-electron chi connectivity index (χ1n) is 8.37. The minimum absolute atomic E-state index is 0.477. The normalized spacial score (nSPS) is 28.7. The molecule has 2 bridgehead atoms. The summed E-state index contributed by atoms with van der Waals surface area (Å²) in [4.78, 5) is 2.81. The number of nitrogens with one attached hydrogen (secondary N) is 1. The Balaban J connectivity index is 1.81. The Morgan fingerprint density at radius 2 is 2.00 bits per heavy atom. The zero-order chi connectivity index (χ0) is 13.9. The van der Waals surface area contributed by atoms with Gasteiger partial charge in [-0.05, 0) is 43.7 Å². The standard InChI is InChI=1S/C18H28N2/c1-3-17(20-13-14-10-11-16(20)12-14)18(19-4-2)15-8-6-5-7-9-15/h5-9,14,16-19H,3-4,10-13H2,1-2H3. The van der Waals surface area contributed by atoms with E-state index in [9.17, 15) is 0 Å². The minimum Gasteiger partial charge on any atom is -0.309 e. The van der Waals surface area contributed by atoms with E-state index < -0.39 is 0 Å². The van der Waals surface area contributed by atoms with Crippen molar-refractivity contribution in [3.05, 3.63) is 35.9 Å². The highest BCUT2D eigenvalue weighted by molar-refractivity contribution is 5.21. The molecule has 1 aromatic carbocycles. The van der Waals surface area contributed by atoms with E-state index in [4.69, 9.17) is 0 Å². The highest BCUT2D eigenvalue weighted by atomic mass is 15.2. The Bertz CT molecular complexity index is 417. The van der Waals surface area contributed by atoms with E-state index in [0.717, 1.165) is 18.5 Å². The molecule has 4 unspecified atom stereocenters. The number of piperidine rings is 1. The van der Waals surface area contributed by atoms with Gasteiger partial charge in [-0.1, -0.05) is 44.2 Å². The van der Waals surface area contributed by atoms with Crippen LogP contribution in [0.4, 0.5) is 0 Å². The number of likely N-dealkylation sites (N-methyl/N-ethyl adjacent to an activating group) is 1. The number of nitrogens with zero attached hydrogens (tertiary/aromatic N) is 1. The van der Waals surface area contributed by atoms with E-state index in [1.807, 2.05) is 0 Å². The molecule has 4 atom stereocenters. The van der Waals surface area contributed by atoms with Crippen molar-refractivity contribution in [2.24, 2.45) is 5.92 Å². The van der Waals surface area contributed by atoms with Gasteiger partial charge in [-0.25, -0.2) is 0 Å². The number of hydrogen-bond acceptors (Lipinski definition) is 2. The molecule has 0 amide bonds. The van der Waals surface area contributed by atoms with Gasteiger partial charge in [-0.3, -0.25) is 4.90 Å². The second kappa shape index (κ2) is 6.28. The molecular formula is C18H28N2. The lowest BCUT2D eigenvalue weighted by atomic mass is 9.94. The summed E-state index contributed by atoms with van der Waals surface area (Å²) in [5, 5.41) is 3.74. The number of likely N-dealkylation sites (tertiary alicyclic amines) is 1. The van der Waals surface area contributed by atoms with Crippen molar-refractivity contribution >= 4 is 0 Å². The molecule has 1 N–H and O–H groups in total. The third-order valence-electron chi connectivity index (χ3n) is 5.26. The summed E-state index contributed by atoms with van der Waals surface area (Å²) < 4.78 is 0. The third kappa shape index (κ3) is 2.64. The van der Waals surface area contributed by atoms with Crippen molar-refractivity contribution in [2.45, 2.75) is 57.7 Å². The average Bonchev–Trinajstić information content (AvgIpc) is 3.11. The lowest BCUT2D eigenvalue weighted by molar-refractivity contribution is 0.114. The summed E-state index contributed by atoms with van der Waals surface area (Å²) in [5.41, 5.74) is 1.45. The van der Waals surface area contributed by atoms with Crippen LogP contribution in [0.15, 0.2) is 30.3 Å². The lowest BCUT2D eigenvalue weighted by Crippen LogP contribution is -2.47. The maximum Gasteiger partial charge on any atom is 0.0478 e. The molecule has 20 heavy (non-hydrogen) atoms. The molecule has 0 aromatic heterocycles. The molecule has 1 aliphatic heterocycles. The van der Waals surface area contributed by atoms with Gasteiger partial charge in [0.2, 0.25) is 0 Å². The van der Waals surface area contributed by atoms with E-state index in [2.05, 4.69) is 54.4 Å². The van der Waals surface area contributed by atoms with E-state index in [1.165, 1.54) is 37.8 Å². The molecule has 0 radical (unpaired) electrons. The molecule has 2 heteroatoms. The van der Waals surface area contributed by atoms with E-state index in [0.29, 0.717) is 12.1 Å². The van der Waals surface area contributed by atoms with Crippen molar-refractivity contribution in [3.8, 4) is 0 Å². The van der Waals surface area contributed by atoms with Crippen LogP contribution in [0.3, 0.4) is 0 Å². The van der Waals surface area contributed by atoms with Gasteiger partial charge in [0.15, 0.2) is 0 Å². The van der Waals surface area contributed by atoms with Crippen LogP contribution in [-0.4, -0.2) is 30.1 Å². The fourth-order valence-corrected chi connectivity index (χ4v) is 4.39. The fraction of sp³-hybridized carbons (Fsp3) is 0.667. The van der Waals surface area contributed by atoms with Crippen LogP contribution < -0.4 is 5.32 Å². The summed E-state index contributed by atoms with van der Waals surface area (Å²) in [7, 11) is 0. The second-order valence-corrected chi connectivity index (χ2v) is 6.45. The minimum atomic E-state index is 0.477. The quantitative estimate of drug-likeness (QED) is 0.851. The van der Waals surface area contributed by atoms with E-state index in [-0.39, 0.29) is 0 Å². The first kappa shape index (κ1) is 14.1. The Morgan fingerprint density at radius 1 is 1.20 bits per heavy atom. The Labute approximate surface area is 123 Å². The molecule has 2 aliphatic rings. The molecule has 1 saturated carbocycles. The smallest absolute Gasteiger partial charge is 0.0478 e. The topological polar surface area (TPSA) is 15.3 Å². The molecule has 2 fully saturated rings. The molecular weight excluding hydrogens is 244 g/mol. The van der Waals surface area contributed by atoms with Crippen molar-refractivity contribution < 1.29 is 0 Å². The molecule has 2 nitrogen and oxygen atoms in total. The van der Waals surface area contributed by atoms with Crippen molar-refractivity contribution in [1.82, 2.24) is 10.2 Å². The lowest BCUT2D eigenvalue weighted by Gasteiger charge is -2.39. The van der Waals surface area contributed by atoms with Crippen LogP contribution in [0.1, 0.15) is 51.1 Å². The molecule has 1 aliphatic carbocycles. The van der Waals surface area contributed by atoms with Gasteiger partial charge in [0, 0.05) is 24.7 Å². The van der Waals surface area contributed by atoms with E-state index in [1.54, 1.807) is 0 Å². The van der Waals surface area contributed by atoms with Crippen LogP contribution >= 0.6 is 0 Å². The summed E-state index contributed by atoms with van der Waals surface area (Å²) in [6.45, 7) is 6.94. The van der Waals surface area contributed by atoms with Crippen molar-refractivity contribution in [3.63, 3.8) is 0 Å². The van der Waals surface area contributed by atoms with Gasteiger partial charge >= 0.3 is 0 Å². The van der Waals surface area contributed by atoms with Crippen LogP contribution in [0.25, 0.3) is 0 Å². The highest BCUT2D eigenvalue weighted by Crippen LogP contribution is 2.41.